The summed E-state index contributed by atoms with van der Waals surface area (Å²) in [5.41, 5.74) is -0.277. The summed E-state index contributed by atoms with van der Waals surface area (Å²) in [7, 11) is 2.04. The highest BCUT2D eigenvalue weighted by Gasteiger charge is 2.58. The van der Waals surface area contributed by atoms with Crippen molar-refractivity contribution in [2.75, 3.05) is 20.1 Å². The highest BCUT2D eigenvalue weighted by Crippen LogP contribution is 2.53. The lowest BCUT2D eigenvalue weighted by Gasteiger charge is -2.46. The number of halogens is 1. The minimum absolute atomic E-state index is 0.132. The van der Waals surface area contributed by atoms with Gasteiger partial charge in [-0.25, -0.2) is 0 Å². The summed E-state index contributed by atoms with van der Waals surface area (Å²) in [6.07, 6.45) is 1.99. The van der Waals surface area contributed by atoms with Crippen LogP contribution in [0.1, 0.15) is 11.5 Å². The molecule has 1 aromatic carbocycles. The second kappa shape index (κ2) is 6.34. The number of likely N-dealkylation sites (N-methyl/N-ethyl adjacent to an activating group) is 1. The van der Waals surface area contributed by atoms with E-state index in [-0.39, 0.29) is 11.6 Å². The minimum Gasteiger partial charge on any atom is -0.334 e. The Labute approximate surface area is 151 Å². The molecule has 0 amide bonds. The molecule has 0 saturated heterocycles. The molecule has 25 heavy (non-hydrogen) atoms. The Hall–Kier alpha value is -2.65. The monoisotopic (exact) mass is 350 g/mol. The Morgan fingerprint density at radius 2 is 1.92 bits per heavy atom. The number of benzene rings is 1. The molecule has 2 N–H and O–H groups in total. The van der Waals surface area contributed by atoms with Crippen LogP contribution in [0.25, 0.3) is 0 Å². The van der Waals surface area contributed by atoms with Gasteiger partial charge < -0.3 is 10.3 Å². The molecule has 4 atom stereocenters. The Balaban J connectivity index is 2.30. The van der Waals surface area contributed by atoms with Crippen molar-refractivity contribution in [2.24, 2.45) is 17.3 Å². The van der Waals surface area contributed by atoms with Crippen LogP contribution in [0.2, 0.25) is 5.02 Å². The summed E-state index contributed by atoms with van der Waals surface area (Å²) in [6, 6.07) is 13.5. The Kier molecular flexibility index (Phi) is 4.36. The lowest BCUT2D eigenvalue weighted by Crippen LogP contribution is -3.10. The van der Waals surface area contributed by atoms with Gasteiger partial charge in [0, 0.05) is 16.9 Å². The lowest BCUT2D eigenvalue weighted by molar-refractivity contribution is -0.878. The van der Waals surface area contributed by atoms with Crippen LogP contribution in [-0.4, -0.2) is 25.8 Å². The van der Waals surface area contributed by atoms with Gasteiger partial charge in [0.05, 0.1) is 44.1 Å². The van der Waals surface area contributed by atoms with E-state index in [1.807, 2.05) is 25.3 Å². The third-order valence-corrected chi connectivity index (χ3v) is 5.66. The van der Waals surface area contributed by atoms with Gasteiger partial charge in [-0.3, -0.25) is 0 Å². The van der Waals surface area contributed by atoms with Crippen LogP contribution >= 0.6 is 11.6 Å². The van der Waals surface area contributed by atoms with Crippen molar-refractivity contribution in [2.45, 2.75) is 5.92 Å². The van der Waals surface area contributed by atoms with E-state index in [0.717, 1.165) is 12.1 Å². The molecule has 1 aliphatic heterocycles. The van der Waals surface area contributed by atoms with Crippen LogP contribution in [0.4, 0.5) is 0 Å². The van der Waals surface area contributed by atoms with Gasteiger partial charge in [-0.15, -0.1) is 0 Å². The Bertz CT molecular complexity index is 868. The molecular formula is C19H17ClN5+. The zero-order valence-corrected chi connectivity index (χ0v) is 14.5. The molecule has 1 saturated carbocycles. The van der Waals surface area contributed by atoms with Crippen LogP contribution < -0.4 is 4.90 Å². The summed E-state index contributed by atoms with van der Waals surface area (Å²) in [4.78, 5) is 1.24. The van der Waals surface area contributed by atoms with Gasteiger partial charge in [0.15, 0.2) is 5.41 Å². The van der Waals surface area contributed by atoms with Crippen LogP contribution in [0, 0.1) is 56.7 Å². The number of hydrogen-bond acceptors (Lipinski definition) is 4. The van der Waals surface area contributed by atoms with E-state index in [9.17, 15) is 15.8 Å². The third-order valence-electron chi connectivity index (χ3n) is 5.32. The zero-order valence-electron chi connectivity index (χ0n) is 13.8. The Morgan fingerprint density at radius 3 is 2.52 bits per heavy atom. The number of nitriles is 3. The van der Waals surface area contributed by atoms with Crippen molar-refractivity contribution >= 4 is 17.3 Å². The van der Waals surface area contributed by atoms with Crippen LogP contribution in [0.3, 0.4) is 0 Å². The standard InChI is InChI=1S/C19H16ClN5/c1-25-7-6-12-14(8-21)18(24)19(10-22,11-23)17(15(12)9-25)13-4-2-3-5-16(13)20/h2-6,14-15,17,24H,7,9H2,1H3/p+1/t14?,15-,17+/m1/s1. The third kappa shape index (κ3) is 2.43. The van der Waals surface area contributed by atoms with Crippen molar-refractivity contribution < 1.29 is 4.90 Å². The smallest absolute Gasteiger partial charge is 0.190 e. The first-order chi connectivity index (χ1) is 12.0. The average molecular weight is 351 g/mol. The number of fused-ring (bicyclic) bond motifs is 1. The molecule has 0 aromatic heterocycles. The first-order valence-corrected chi connectivity index (χ1v) is 8.44. The van der Waals surface area contributed by atoms with Gasteiger partial charge in [0.1, 0.15) is 5.92 Å². The highest BCUT2D eigenvalue weighted by molar-refractivity contribution is 6.31. The van der Waals surface area contributed by atoms with Crippen molar-refractivity contribution in [3.05, 3.63) is 46.5 Å². The number of nitrogens with one attached hydrogen (secondary N) is 2. The molecular weight excluding hydrogens is 334 g/mol. The summed E-state index contributed by atoms with van der Waals surface area (Å²) < 4.78 is 0. The molecule has 1 aliphatic carbocycles. The molecule has 2 unspecified atom stereocenters. The number of quaternary nitrogens is 1. The molecule has 5 nitrogen and oxygen atoms in total. The van der Waals surface area contributed by atoms with E-state index in [0.29, 0.717) is 17.1 Å². The predicted molar refractivity (Wildman–Crippen MR) is 92.9 cm³/mol. The zero-order chi connectivity index (χ0) is 18.2. The molecule has 3 rings (SSSR count). The predicted octanol–water partition coefficient (Wildman–Crippen LogP) is 1.70. The normalized spacial score (nSPS) is 30.2. The van der Waals surface area contributed by atoms with E-state index in [4.69, 9.17) is 17.0 Å². The highest BCUT2D eigenvalue weighted by atomic mass is 35.5. The van der Waals surface area contributed by atoms with E-state index in [1.54, 1.807) is 12.1 Å². The molecule has 0 spiro atoms. The fourth-order valence-electron chi connectivity index (χ4n) is 4.13. The van der Waals surface area contributed by atoms with Crippen molar-refractivity contribution in [3.8, 4) is 18.2 Å². The van der Waals surface area contributed by atoms with E-state index in [1.165, 1.54) is 4.90 Å². The lowest BCUT2D eigenvalue weighted by atomic mass is 9.54. The van der Waals surface area contributed by atoms with Crippen molar-refractivity contribution in [1.29, 1.82) is 21.2 Å². The van der Waals surface area contributed by atoms with Crippen molar-refractivity contribution in [3.63, 3.8) is 0 Å². The van der Waals surface area contributed by atoms with Crippen molar-refractivity contribution in [1.82, 2.24) is 0 Å². The summed E-state index contributed by atoms with van der Waals surface area (Å²) in [5, 5.41) is 38.4. The molecule has 1 aromatic rings. The molecule has 124 valence electrons. The number of nitrogens with zero attached hydrogens (tertiary/aromatic N) is 3. The van der Waals surface area contributed by atoms with Gasteiger partial charge in [-0.05, 0) is 23.3 Å². The topological polar surface area (TPSA) is 99.7 Å². The maximum absolute atomic E-state index is 9.91. The molecule has 6 heteroatoms. The average Bonchev–Trinajstić information content (AvgIpc) is 2.62. The second-order valence-corrected chi connectivity index (χ2v) is 7.09. The minimum atomic E-state index is -1.69. The van der Waals surface area contributed by atoms with E-state index >= 15 is 0 Å². The van der Waals surface area contributed by atoms with Crippen LogP contribution in [0.15, 0.2) is 35.9 Å². The molecule has 1 fully saturated rings. The largest absolute Gasteiger partial charge is 0.334 e. The quantitative estimate of drug-likeness (QED) is 0.754. The SMILES string of the molecule is C[NH+]1CC=C2C(C#N)C(=N)C(C#N)(C#N)[C@@H](c3ccccc3Cl)[C@@H]2C1. The van der Waals surface area contributed by atoms with Crippen LogP contribution in [0.5, 0.6) is 0 Å². The molecule has 2 aliphatic rings. The Morgan fingerprint density at radius 1 is 1.24 bits per heavy atom. The first kappa shape index (κ1) is 17.2. The molecule has 0 bridgehead atoms. The number of hydrogen-bond donors (Lipinski definition) is 2. The summed E-state index contributed by atoms with van der Waals surface area (Å²) in [5.74, 6) is -1.56. The van der Waals surface area contributed by atoms with Crippen LogP contribution in [-0.2, 0) is 0 Å². The van der Waals surface area contributed by atoms with E-state index < -0.39 is 17.3 Å². The van der Waals surface area contributed by atoms with Gasteiger partial charge in [-0.1, -0.05) is 29.8 Å². The fourth-order valence-corrected chi connectivity index (χ4v) is 4.38. The van der Waals surface area contributed by atoms with Gasteiger partial charge in [0.25, 0.3) is 0 Å². The molecule has 1 heterocycles. The maximum atomic E-state index is 9.91. The second-order valence-electron chi connectivity index (χ2n) is 6.68. The van der Waals surface area contributed by atoms with Gasteiger partial charge in [0.2, 0.25) is 0 Å². The fraction of sp³-hybridized carbons (Fsp3) is 0.368. The number of rotatable bonds is 1. The maximum Gasteiger partial charge on any atom is 0.190 e. The van der Waals surface area contributed by atoms with E-state index in [2.05, 4.69) is 18.2 Å². The van der Waals surface area contributed by atoms with Gasteiger partial charge in [-0.2, -0.15) is 15.8 Å². The first-order valence-electron chi connectivity index (χ1n) is 8.06. The summed E-state index contributed by atoms with van der Waals surface area (Å²) >= 11 is 6.40. The van der Waals surface area contributed by atoms with Gasteiger partial charge >= 0.3 is 0 Å². The summed E-state index contributed by atoms with van der Waals surface area (Å²) in [6.45, 7) is 1.46. The molecule has 0 radical (unpaired) electrons.